The summed E-state index contributed by atoms with van der Waals surface area (Å²) in [5, 5.41) is 20.2. The summed E-state index contributed by atoms with van der Waals surface area (Å²) < 4.78 is 1.58. The predicted octanol–water partition coefficient (Wildman–Crippen LogP) is -0.496. The second-order valence-corrected chi connectivity index (χ2v) is 3.17. The van der Waals surface area contributed by atoms with Gasteiger partial charge in [-0.2, -0.15) is 4.52 Å². The van der Waals surface area contributed by atoms with Crippen molar-refractivity contribution < 1.29 is 5.11 Å². The summed E-state index contributed by atoms with van der Waals surface area (Å²) in [7, 11) is 0. The Morgan fingerprint density at radius 1 is 1.50 bits per heavy atom. The lowest BCUT2D eigenvalue weighted by Crippen LogP contribution is -2.28. The van der Waals surface area contributed by atoms with Crippen LogP contribution in [0.2, 0.25) is 0 Å². The summed E-state index contributed by atoms with van der Waals surface area (Å²) in [5.74, 6) is 0.733. The van der Waals surface area contributed by atoms with E-state index in [-0.39, 0.29) is 6.61 Å². The Morgan fingerprint density at radius 3 is 3.12 bits per heavy atom. The van der Waals surface area contributed by atoms with Crippen LogP contribution in [0.4, 0.5) is 5.82 Å². The minimum Gasteiger partial charge on any atom is -0.395 e. The second-order valence-electron chi connectivity index (χ2n) is 3.17. The number of aromatic nitrogens is 5. The Balaban J connectivity index is 2.42. The van der Waals surface area contributed by atoms with Crippen molar-refractivity contribution in [1.29, 1.82) is 0 Å². The molecule has 16 heavy (non-hydrogen) atoms. The third kappa shape index (κ3) is 1.84. The van der Waals surface area contributed by atoms with Gasteiger partial charge in [0.25, 0.3) is 0 Å². The molecule has 0 amide bonds. The van der Waals surface area contributed by atoms with Gasteiger partial charge in [0.05, 0.1) is 19.0 Å². The van der Waals surface area contributed by atoms with Crippen LogP contribution in [0.15, 0.2) is 25.0 Å². The monoisotopic (exact) mass is 220 g/mol. The van der Waals surface area contributed by atoms with E-state index in [0.29, 0.717) is 18.7 Å². The van der Waals surface area contributed by atoms with Crippen LogP contribution in [0.1, 0.15) is 0 Å². The lowest BCUT2D eigenvalue weighted by Gasteiger charge is -2.21. The third-order valence-corrected chi connectivity index (χ3v) is 2.13. The van der Waals surface area contributed by atoms with Gasteiger partial charge in [0.1, 0.15) is 0 Å². The second kappa shape index (κ2) is 4.67. The van der Waals surface area contributed by atoms with E-state index in [2.05, 4.69) is 27.1 Å². The normalized spacial score (nSPS) is 10.6. The Hall–Kier alpha value is -2.02. The van der Waals surface area contributed by atoms with E-state index in [0.717, 1.165) is 5.82 Å². The quantitative estimate of drug-likeness (QED) is 0.684. The maximum absolute atomic E-state index is 8.99. The van der Waals surface area contributed by atoms with Gasteiger partial charge < -0.3 is 10.0 Å². The number of anilines is 1. The van der Waals surface area contributed by atoms with Crippen LogP contribution < -0.4 is 4.90 Å². The molecule has 0 aromatic carbocycles. The number of hydrogen-bond donors (Lipinski definition) is 1. The van der Waals surface area contributed by atoms with Crippen molar-refractivity contribution in [3.8, 4) is 0 Å². The maximum Gasteiger partial charge on any atom is 0.199 e. The molecule has 2 aromatic heterocycles. The smallest absolute Gasteiger partial charge is 0.199 e. The molecule has 0 aliphatic heterocycles. The molecule has 0 bridgehead atoms. The van der Waals surface area contributed by atoms with Crippen molar-refractivity contribution >= 4 is 11.5 Å². The van der Waals surface area contributed by atoms with Crippen LogP contribution in [0.5, 0.6) is 0 Å². The fraction of sp³-hybridized carbons (Fsp3) is 0.333. The molecule has 0 radical (unpaired) electrons. The fourth-order valence-corrected chi connectivity index (χ4v) is 1.45. The number of hydrogen-bond acceptors (Lipinski definition) is 6. The Labute approximate surface area is 92.0 Å². The van der Waals surface area contributed by atoms with Gasteiger partial charge in [0.2, 0.25) is 0 Å². The van der Waals surface area contributed by atoms with E-state index in [4.69, 9.17) is 5.11 Å². The van der Waals surface area contributed by atoms with Crippen molar-refractivity contribution in [1.82, 2.24) is 25.0 Å². The van der Waals surface area contributed by atoms with E-state index in [1.165, 1.54) is 0 Å². The van der Waals surface area contributed by atoms with Gasteiger partial charge in [-0.05, 0) is 10.4 Å². The topological polar surface area (TPSA) is 79.4 Å². The first kappa shape index (κ1) is 10.5. The van der Waals surface area contributed by atoms with Crippen molar-refractivity contribution in [3.05, 3.63) is 25.0 Å². The first-order chi connectivity index (χ1) is 7.86. The number of nitrogens with zero attached hydrogens (tertiary/aromatic N) is 6. The predicted molar refractivity (Wildman–Crippen MR) is 58.1 cm³/mol. The molecule has 0 atom stereocenters. The lowest BCUT2D eigenvalue weighted by atomic mass is 10.4. The molecule has 2 aromatic rings. The zero-order valence-electron chi connectivity index (χ0n) is 8.69. The van der Waals surface area contributed by atoms with Gasteiger partial charge in [-0.25, -0.2) is 0 Å². The highest BCUT2D eigenvalue weighted by atomic mass is 16.3. The molecule has 0 fully saturated rings. The summed E-state index contributed by atoms with van der Waals surface area (Å²) in [4.78, 5) is 5.94. The van der Waals surface area contributed by atoms with Crippen molar-refractivity contribution in [3.63, 3.8) is 0 Å². The largest absolute Gasteiger partial charge is 0.395 e. The SMILES string of the molecule is C=CCN(CCO)c1cncc2nnnn12. The Bertz CT molecular complexity index is 482. The first-order valence-corrected chi connectivity index (χ1v) is 4.85. The number of aliphatic hydroxyl groups excluding tert-OH is 1. The molecular formula is C9H12N6O. The summed E-state index contributed by atoms with van der Waals surface area (Å²) in [6.07, 6.45) is 4.98. The average molecular weight is 220 g/mol. The maximum atomic E-state index is 8.99. The van der Waals surface area contributed by atoms with Gasteiger partial charge in [-0.1, -0.05) is 6.08 Å². The van der Waals surface area contributed by atoms with Crippen LogP contribution in [0.3, 0.4) is 0 Å². The third-order valence-electron chi connectivity index (χ3n) is 2.13. The zero-order chi connectivity index (χ0) is 11.4. The van der Waals surface area contributed by atoms with Crippen LogP contribution in [0.25, 0.3) is 5.65 Å². The summed E-state index contributed by atoms with van der Waals surface area (Å²) in [6.45, 7) is 4.80. The van der Waals surface area contributed by atoms with Gasteiger partial charge >= 0.3 is 0 Å². The van der Waals surface area contributed by atoms with E-state index in [9.17, 15) is 0 Å². The summed E-state index contributed by atoms with van der Waals surface area (Å²) in [5.41, 5.74) is 0.574. The highest BCUT2D eigenvalue weighted by molar-refractivity contribution is 5.46. The molecular weight excluding hydrogens is 208 g/mol. The Kier molecular flexibility index (Phi) is 3.06. The molecule has 7 nitrogen and oxygen atoms in total. The summed E-state index contributed by atoms with van der Waals surface area (Å²) in [6, 6.07) is 0. The highest BCUT2D eigenvalue weighted by Gasteiger charge is 2.10. The molecule has 84 valence electrons. The van der Waals surface area contributed by atoms with E-state index in [1.54, 1.807) is 23.0 Å². The molecule has 0 unspecified atom stereocenters. The number of aliphatic hydroxyl groups is 1. The molecule has 0 spiro atoms. The molecule has 2 heterocycles. The molecule has 2 rings (SSSR count). The molecule has 1 N–H and O–H groups in total. The van der Waals surface area contributed by atoms with Crippen molar-refractivity contribution in [2.45, 2.75) is 0 Å². The lowest BCUT2D eigenvalue weighted by molar-refractivity contribution is 0.302. The van der Waals surface area contributed by atoms with Gasteiger partial charge in [0.15, 0.2) is 11.5 Å². The standard InChI is InChI=1S/C9H12N6O/c1-2-3-14(4-5-16)9-7-10-6-8-11-12-13-15(8)9/h2,6-7,16H,1,3-5H2. The highest BCUT2D eigenvalue weighted by Crippen LogP contribution is 2.12. The van der Waals surface area contributed by atoms with Gasteiger partial charge in [0, 0.05) is 13.1 Å². The van der Waals surface area contributed by atoms with E-state index >= 15 is 0 Å². The average Bonchev–Trinajstić information content (AvgIpc) is 2.76. The van der Waals surface area contributed by atoms with E-state index < -0.39 is 0 Å². The van der Waals surface area contributed by atoms with Crippen LogP contribution in [0, 0.1) is 0 Å². The van der Waals surface area contributed by atoms with Crippen LogP contribution in [-0.2, 0) is 0 Å². The molecule has 0 aliphatic rings. The minimum absolute atomic E-state index is 0.0480. The number of tetrazole rings is 1. The fourth-order valence-electron chi connectivity index (χ4n) is 1.45. The molecule has 0 saturated carbocycles. The van der Waals surface area contributed by atoms with Crippen molar-refractivity contribution in [2.24, 2.45) is 0 Å². The van der Waals surface area contributed by atoms with Crippen LogP contribution >= 0.6 is 0 Å². The zero-order valence-corrected chi connectivity index (χ0v) is 8.69. The molecule has 0 aliphatic carbocycles. The molecule has 7 heteroatoms. The van der Waals surface area contributed by atoms with Gasteiger partial charge in [-0.15, -0.1) is 11.7 Å². The molecule has 0 saturated heterocycles. The van der Waals surface area contributed by atoms with E-state index in [1.807, 2.05) is 4.90 Å². The summed E-state index contributed by atoms with van der Waals surface area (Å²) >= 11 is 0. The van der Waals surface area contributed by atoms with Crippen LogP contribution in [-0.4, -0.2) is 49.8 Å². The number of fused-ring (bicyclic) bond motifs is 1. The Morgan fingerprint density at radius 2 is 2.38 bits per heavy atom. The first-order valence-electron chi connectivity index (χ1n) is 4.85. The van der Waals surface area contributed by atoms with Gasteiger partial charge in [-0.3, -0.25) is 4.98 Å². The number of rotatable bonds is 5. The minimum atomic E-state index is 0.0480. The van der Waals surface area contributed by atoms with Crippen molar-refractivity contribution in [2.75, 3.05) is 24.6 Å².